The quantitative estimate of drug-likeness (QED) is 0.913. The summed E-state index contributed by atoms with van der Waals surface area (Å²) in [7, 11) is 1.71. The predicted octanol–water partition coefficient (Wildman–Crippen LogP) is 1.72. The monoisotopic (exact) mass is 280 g/mol. The summed E-state index contributed by atoms with van der Waals surface area (Å²) in [5.41, 5.74) is 0.538. The van der Waals surface area contributed by atoms with Crippen molar-refractivity contribution in [2.24, 2.45) is 0 Å². The molecule has 4 nitrogen and oxygen atoms in total. The van der Waals surface area contributed by atoms with Gasteiger partial charge >= 0.3 is 0 Å². The number of carbonyl (C=O) groups excluding carboxylic acids is 1. The van der Waals surface area contributed by atoms with Gasteiger partial charge in [-0.2, -0.15) is 0 Å². The molecule has 5 heteroatoms. The molecule has 20 heavy (non-hydrogen) atoms. The first-order chi connectivity index (χ1) is 9.59. The van der Waals surface area contributed by atoms with Crippen molar-refractivity contribution in [3.63, 3.8) is 0 Å². The summed E-state index contributed by atoms with van der Waals surface area (Å²) >= 11 is 0. The van der Waals surface area contributed by atoms with Crippen molar-refractivity contribution in [3.8, 4) is 0 Å². The highest BCUT2D eigenvalue weighted by molar-refractivity contribution is 5.77. The lowest BCUT2D eigenvalue weighted by molar-refractivity contribution is -0.133. The molecule has 2 unspecified atom stereocenters. The molecule has 1 heterocycles. The van der Waals surface area contributed by atoms with E-state index in [0.717, 1.165) is 6.54 Å². The molecule has 1 amide bonds. The van der Waals surface area contributed by atoms with Gasteiger partial charge in [0.15, 0.2) is 0 Å². The standard InChI is InChI=1S/C15H21FN2O2/c1-11(13-5-3-4-6-14(13)16)18(2)15(19)9-12-10-20-8-7-17-12/h3-6,11-12,17H,7-10H2,1-2H3. The highest BCUT2D eigenvalue weighted by Gasteiger charge is 2.23. The molecule has 110 valence electrons. The van der Waals surface area contributed by atoms with Crippen LogP contribution in [0.2, 0.25) is 0 Å². The number of benzene rings is 1. The van der Waals surface area contributed by atoms with Crippen LogP contribution in [0.5, 0.6) is 0 Å². The molecule has 1 fully saturated rings. The molecule has 0 bridgehead atoms. The number of nitrogens with zero attached hydrogens (tertiary/aromatic N) is 1. The van der Waals surface area contributed by atoms with Crippen molar-refractivity contribution in [1.82, 2.24) is 10.2 Å². The van der Waals surface area contributed by atoms with Crippen LogP contribution in [0.4, 0.5) is 4.39 Å². The molecule has 1 aromatic rings. The van der Waals surface area contributed by atoms with Gasteiger partial charge in [-0.05, 0) is 13.0 Å². The first-order valence-electron chi connectivity index (χ1n) is 6.91. The van der Waals surface area contributed by atoms with Gasteiger partial charge in [0, 0.05) is 31.6 Å². The maximum Gasteiger partial charge on any atom is 0.224 e. The Bertz CT molecular complexity index is 461. The third kappa shape index (κ3) is 3.55. The first-order valence-corrected chi connectivity index (χ1v) is 6.91. The van der Waals surface area contributed by atoms with E-state index in [1.54, 1.807) is 30.1 Å². The molecule has 2 rings (SSSR count). The second-order valence-corrected chi connectivity index (χ2v) is 5.13. The maximum atomic E-state index is 13.8. The summed E-state index contributed by atoms with van der Waals surface area (Å²) in [6.45, 7) is 3.84. The third-order valence-electron chi connectivity index (χ3n) is 3.75. The molecule has 1 saturated heterocycles. The van der Waals surface area contributed by atoms with E-state index in [4.69, 9.17) is 4.74 Å². The van der Waals surface area contributed by atoms with Crippen LogP contribution in [0.1, 0.15) is 24.9 Å². The van der Waals surface area contributed by atoms with E-state index in [1.165, 1.54) is 6.07 Å². The maximum absolute atomic E-state index is 13.8. The van der Waals surface area contributed by atoms with Gasteiger partial charge in [0.2, 0.25) is 5.91 Å². The SMILES string of the molecule is CC(c1ccccc1F)N(C)C(=O)CC1COCCN1. The zero-order valence-corrected chi connectivity index (χ0v) is 11.9. The molecular formula is C15H21FN2O2. The van der Waals surface area contributed by atoms with Crippen LogP contribution in [0.25, 0.3) is 0 Å². The smallest absolute Gasteiger partial charge is 0.224 e. The van der Waals surface area contributed by atoms with Gasteiger partial charge in [0.1, 0.15) is 5.82 Å². The van der Waals surface area contributed by atoms with Gasteiger partial charge in [-0.15, -0.1) is 0 Å². The molecule has 1 aromatic carbocycles. The molecule has 0 aliphatic carbocycles. The Morgan fingerprint density at radius 3 is 2.95 bits per heavy atom. The predicted molar refractivity (Wildman–Crippen MR) is 74.8 cm³/mol. The van der Waals surface area contributed by atoms with Crippen molar-refractivity contribution in [1.29, 1.82) is 0 Å². The van der Waals surface area contributed by atoms with Crippen LogP contribution < -0.4 is 5.32 Å². The highest BCUT2D eigenvalue weighted by atomic mass is 19.1. The van der Waals surface area contributed by atoms with Crippen LogP contribution >= 0.6 is 0 Å². The van der Waals surface area contributed by atoms with Gasteiger partial charge in [-0.3, -0.25) is 4.79 Å². The van der Waals surface area contributed by atoms with Crippen LogP contribution in [0.3, 0.4) is 0 Å². The summed E-state index contributed by atoms with van der Waals surface area (Å²) in [4.78, 5) is 13.8. The van der Waals surface area contributed by atoms with Crippen LogP contribution in [-0.2, 0) is 9.53 Å². The van der Waals surface area contributed by atoms with Crippen molar-refractivity contribution in [3.05, 3.63) is 35.6 Å². The Labute approximate surface area is 118 Å². The summed E-state index contributed by atoms with van der Waals surface area (Å²) in [5.74, 6) is -0.289. The van der Waals surface area contributed by atoms with E-state index < -0.39 is 0 Å². The summed E-state index contributed by atoms with van der Waals surface area (Å²) in [6.07, 6.45) is 0.370. The molecule has 0 radical (unpaired) electrons. The Morgan fingerprint density at radius 1 is 1.55 bits per heavy atom. The van der Waals surface area contributed by atoms with Gasteiger partial charge in [0.25, 0.3) is 0 Å². The third-order valence-corrected chi connectivity index (χ3v) is 3.75. The molecule has 2 atom stereocenters. The minimum atomic E-state index is -0.284. The summed E-state index contributed by atoms with van der Waals surface area (Å²) in [6, 6.07) is 6.33. The van der Waals surface area contributed by atoms with Crippen molar-refractivity contribution < 1.29 is 13.9 Å². The second kappa shape index (κ2) is 6.81. The summed E-state index contributed by atoms with van der Waals surface area (Å²) in [5, 5.41) is 3.25. The largest absolute Gasteiger partial charge is 0.378 e. The molecule has 0 saturated carbocycles. The van der Waals surface area contributed by atoms with E-state index in [9.17, 15) is 9.18 Å². The zero-order valence-electron chi connectivity index (χ0n) is 11.9. The average Bonchev–Trinajstić information content (AvgIpc) is 2.47. The topological polar surface area (TPSA) is 41.6 Å². The average molecular weight is 280 g/mol. The molecule has 0 spiro atoms. The van der Waals surface area contributed by atoms with E-state index in [1.807, 2.05) is 6.92 Å². The fourth-order valence-electron chi connectivity index (χ4n) is 2.34. The van der Waals surface area contributed by atoms with Crippen molar-refractivity contribution in [2.45, 2.75) is 25.4 Å². The van der Waals surface area contributed by atoms with E-state index >= 15 is 0 Å². The highest BCUT2D eigenvalue weighted by Crippen LogP contribution is 2.22. The van der Waals surface area contributed by atoms with Gasteiger partial charge in [-0.1, -0.05) is 18.2 Å². The van der Waals surface area contributed by atoms with Crippen LogP contribution in [0, 0.1) is 5.82 Å². The number of hydrogen-bond acceptors (Lipinski definition) is 3. The van der Waals surface area contributed by atoms with Crippen molar-refractivity contribution >= 4 is 5.91 Å². The number of halogens is 1. The minimum Gasteiger partial charge on any atom is -0.378 e. The van der Waals surface area contributed by atoms with E-state index in [-0.39, 0.29) is 23.8 Å². The fourth-order valence-corrected chi connectivity index (χ4v) is 2.34. The summed E-state index contributed by atoms with van der Waals surface area (Å²) < 4.78 is 19.1. The molecule has 1 N–H and O–H groups in total. The molecule has 1 aliphatic rings. The second-order valence-electron chi connectivity index (χ2n) is 5.13. The molecule has 0 aromatic heterocycles. The Balaban J connectivity index is 1.97. The Hall–Kier alpha value is -1.46. The normalized spacial score (nSPS) is 20.4. The Kier molecular flexibility index (Phi) is 5.09. The van der Waals surface area contributed by atoms with Gasteiger partial charge in [-0.25, -0.2) is 4.39 Å². The van der Waals surface area contributed by atoms with Gasteiger partial charge < -0.3 is 15.0 Å². The lowest BCUT2D eigenvalue weighted by atomic mass is 10.1. The number of rotatable bonds is 4. The number of amides is 1. The minimum absolute atomic E-state index is 0.0104. The van der Waals surface area contributed by atoms with Crippen LogP contribution in [0.15, 0.2) is 24.3 Å². The van der Waals surface area contributed by atoms with E-state index in [2.05, 4.69) is 5.32 Å². The lowest BCUT2D eigenvalue weighted by Gasteiger charge is -2.29. The lowest BCUT2D eigenvalue weighted by Crippen LogP contribution is -2.44. The molecule has 1 aliphatic heterocycles. The van der Waals surface area contributed by atoms with E-state index in [0.29, 0.717) is 25.2 Å². The fraction of sp³-hybridized carbons (Fsp3) is 0.533. The zero-order chi connectivity index (χ0) is 14.5. The number of nitrogens with one attached hydrogen (secondary N) is 1. The Morgan fingerprint density at radius 2 is 2.30 bits per heavy atom. The molecular weight excluding hydrogens is 259 g/mol. The number of morpholine rings is 1. The first kappa shape index (κ1) is 14.9. The van der Waals surface area contributed by atoms with Crippen LogP contribution in [-0.4, -0.2) is 43.7 Å². The van der Waals surface area contributed by atoms with Crippen molar-refractivity contribution in [2.75, 3.05) is 26.8 Å². The van der Waals surface area contributed by atoms with Gasteiger partial charge in [0.05, 0.1) is 19.3 Å². The number of carbonyl (C=O) groups is 1. The number of hydrogen-bond donors (Lipinski definition) is 1. The number of ether oxygens (including phenoxy) is 1.